The normalized spacial score (nSPS) is 12.8. The number of aromatic nitrogens is 2. The van der Waals surface area contributed by atoms with Gasteiger partial charge in [0.05, 0.1) is 11.3 Å². The van der Waals surface area contributed by atoms with Crippen LogP contribution in [0, 0.1) is 0 Å². The number of nitrogens with one attached hydrogen (secondary N) is 2. The Kier molecular flexibility index (Phi) is 6.99. The van der Waals surface area contributed by atoms with Crippen LogP contribution in [0.5, 0.6) is 5.75 Å². The first kappa shape index (κ1) is 24.1. The Morgan fingerprint density at radius 3 is 2.33 bits per heavy atom. The molecular formula is C22H20F6N4O. The molecule has 0 aliphatic heterocycles. The molecule has 0 saturated carbocycles. The lowest BCUT2D eigenvalue weighted by molar-refractivity contribution is -0.274. The van der Waals surface area contributed by atoms with E-state index in [4.69, 9.17) is 0 Å². The summed E-state index contributed by atoms with van der Waals surface area (Å²) in [6.07, 6.45) is -8.64. The molecule has 5 nitrogen and oxygen atoms in total. The van der Waals surface area contributed by atoms with Crippen LogP contribution in [0.25, 0.3) is 11.3 Å². The molecule has 0 aliphatic rings. The van der Waals surface area contributed by atoms with Crippen molar-refractivity contribution >= 4 is 17.5 Å². The highest BCUT2D eigenvalue weighted by Gasteiger charge is 2.31. The van der Waals surface area contributed by atoms with Crippen LogP contribution in [0.3, 0.4) is 0 Å². The Morgan fingerprint density at radius 2 is 1.67 bits per heavy atom. The zero-order chi connectivity index (χ0) is 24.2. The number of ether oxygens (including phenoxy) is 1. The maximum Gasteiger partial charge on any atom is 0.573 e. The molecule has 11 heteroatoms. The molecule has 0 radical (unpaired) electrons. The largest absolute Gasteiger partial charge is 0.573 e. The van der Waals surface area contributed by atoms with E-state index in [-0.39, 0.29) is 29.2 Å². The molecule has 0 amide bonds. The third-order valence-corrected chi connectivity index (χ3v) is 4.54. The number of hydrogen-bond donors (Lipinski definition) is 2. The Balaban J connectivity index is 1.99. The quantitative estimate of drug-likeness (QED) is 0.364. The summed E-state index contributed by atoms with van der Waals surface area (Å²) in [5.41, 5.74) is -0.147. The molecule has 1 heterocycles. The van der Waals surface area contributed by atoms with Crippen molar-refractivity contribution in [2.45, 2.75) is 38.8 Å². The van der Waals surface area contributed by atoms with Gasteiger partial charge in [-0.05, 0) is 43.7 Å². The molecule has 0 spiro atoms. The molecular weight excluding hydrogens is 450 g/mol. The van der Waals surface area contributed by atoms with Crippen molar-refractivity contribution < 1.29 is 31.1 Å². The highest BCUT2D eigenvalue weighted by atomic mass is 19.4. The van der Waals surface area contributed by atoms with Gasteiger partial charge in [-0.25, -0.2) is 4.98 Å². The molecule has 0 fully saturated rings. The molecule has 3 rings (SSSR count). The van der Waals surface area contributed by atoms with E-state index in [9.17, 15) is 26.3 Å². The third kappa shape index (κ3) is 6.99. The second-order valence-electron chi connectivity index (χ2n) is 7.19. The van der Waals surface area contributed by atoms with Gasteiger partial charge >= 0.3 is 12.5 Å². The molecule has 1 atom stereocenters. The summed E-state index contributed by atoms with van der Waals surface area (Å²) < 4.78 is 80.9. The molecule has 1 aromatic heterocycles. The number of benzene rings is 2. The van der Waals surface area contributed by atoms with Gasteiger partial charge in [0.1, 0.15) is 11.6 Å². The average Bonchev–Trinajstić information content (AvgIpc) is 2.72. The van der Waals surface area contributed by atoms with Gasteiger partial charge in [0.2, 0.25) is 5.95 Å². The summed E-state index contributed by atoms with van der Waals surface area (Å²) in [4.78, 5) is 8.64. The van der Waals surface area contributed by atoms with Crippen LogP contribution in [-0.4, -0.2) is 22.4 Å². The molecule has 0 bridgehead atoms. The minimum atomic E-state index is -4.86. The summed E-state index contributed by atoms with van der Waals surface area (Å²) >= 11 is 0. The van der Waals surface area contributed by atoms with Crippen molar-refractivity contribution in [2.24, 2.45) is 0 Å². The Morgan fingerprint density at radius 1 is 0.939 bits per heavy atom. The van der Waals surface area contributed by atoms with Crippen LogP contribution < -0.4 is 15.4 Å². The molecule has 0 saturated heterocycles. The van der Waals surface area contributed by atoms with E-state index in [1.54, 1.807) is 0 Å². The van der Waals surface area contributed by atoms with Gasteiger partial charge in [-0.15, -0.1) is 13.2 Å². The Labute approximate surface area is 185 Å². The molecule has 2 N–H and O–H groups in total. The van der Waals surface area contributed by atoms with Gasteiger partial charge in [-0.3, -0.25) is 0 Å². The topological polar surface area (TPSA) is 59.1 Å². The van der Waals surface area contributed by atoms with Crippen LogP contribution in [0.4, 0.5) is 43.8 Å². The fraction of sp³-hybridized carbons (Fsp3) is 0.273. The minimum absolute atomic E-state index is 0.0263. The minimum Gasteiger partial charge on any atom is -0.406 e. The summed E-state index contributed by atoms with van der Waals surface area (Å²) in [6, 6.07) is 11.2. The number of halogens is 6. The molecule has 33 heavy (non-hydrogen) atoms. The fourth-order valence-corrected chi connectivity index (χ4v) is 2.82. The zero-order valence-corrected chi connectivity index (χ0v) is 17.6. The van der Waals surface area contributed by atoms with Gasteiger partial charge in [0.15, 0.2) is 0 Å². The predicted octanol–water partition coefficient (Wildman–Crippen LogP) is 7.02. The molecule has 176 valence electrons. The highest BCUT2D eigenvalue weighted by Crippen LogP contribution is 2.32. The van der Waals surface area contributed by atoms with Crippen LogP contribution in [0.1, 0.15) is 25.8 Å². The summed E-state index contributed by atoms with van der Waals surface area (Å²) in [6.45, 7) is 3.81. The van der Waals surface area contributed by atoms with Crippen molar-refractivity contribution in [1.82, 2.24) is 9.97 Å². The van der Waals surface area contributed by atoms with E-state index in [0.29, 0.717) is 5.56 Å². The second-order valence-corrected chi connectivity index (χ2v) is 7.19. The van der Waals surface area contributed by atoms with Crippen molar-refractivity contribution in [1.29, 1.82) is 0 Å². The van der Waals surface area contributed by atoms with Gasteiger partial charge in [-0.1, -0.05) is 25.1 Å². The first-order chi connectivity index (χ1) is 15.4. The van der Waals surface area contributed by atoms with Crippen LogP contribution in [0.2, 0.25) is 0 Å². The van der Waals surface area contributed by atoms with E-state index >= 15 is 0 Å². The van der Waals surface area contributed by atoms with Crippen LogP contribution in [0.15, 0.2) is 54.6 Å². The average molecular weight is 470 g/mol. The maximum absolute atomic E-state index is 13.0. The number of nitrogens with zero attached hydrogens (tertiary/aromatic N) is 2. The molecule has 2 aromatic carbocycles. The van der Waals surface area contributed by atoms with Crippen molar-refractivity contribution in [3.63, 3.8) is 0 Å². The number of anilines is 3. The second kappa shape index (κ2) is 9.55. The van der Waals surface area contributed by atoms with Gasteiger partial charge in [0, 0.05) is 23.4 Å². The third-order valence-electron chi connectivity index (χ3n) is 4.54. The van der Waals surface area contributed by atoms with Gasteiger partial charge in [-0.2, -0.15) is 18.2 Å². The van der Waals surface area contributed by atoms with Gasteiger partial charge < -0.3 is 15.4 Å². The fourth-order valence-electron chi connectivity index (χ4n) is 2.82. The first-order valence-corrected chi connectivity index (χ1v) is 9.89. The Hall–Kier alpha value is -3.50. The SMILES string of the molecule is CC[C@@H](C)Nc1nc(Nc2cccc(C(F)(F)F)c2)cc(-c2cccc(OC(F)(F)F)c2)n1. The smallest absolute Gasteiger partial charge is 0.406 e. The summed E-state index contributed by atoms with van der Waals surface area (Å²) in [5, 5.41) is 5.87. The molecule has 0 aliphatic carbocycles. The Bertz CT molecular complexity index is 1100. The van der Waals surface area contributed by atoms with Gasteiger partial charge in [0.25, 0.3) is 0 Å². The lowest BCUT2D eigenvalue weighted by atomic mass is 10.1. The lowest BCUT2D eigenvalue weighted by Gasteiger charge is -2.16. The standard InChI is InChI=1S/C22H20F6N4O/c1-3-13(2)29-20-31-18(14-6-4-9-17(10-14)33-22(26,27)28)12-19(32-20)30-16-8-5-7-15(11-16)21(23,24)25/h4-13H,3H2,1-2H3,(H2,29,30,31,32)/t13-/m1/s1. The van der Waals surface area contributed by atoms with Crippen molar-refractivity contribution in [3.05, 3.63) is 60.2 Å². The van der Waals surface area contributed by atoms with Crippen LogP contribution in [-0.2, 0) is 6.18 Å². The number of hydrogen-bond acceptors (Lipinski definition) is 5. The monoisotopic (exact) mass is 470 g/mol. The maximum atomic E-state index is 13.0. The number of alkyl halides is 6. The van der Waals surface area contributed by atoms with Crippen molar-refractivity contribution in [2.75, 3.05) is 10.6 Å². The predicted molar refractivity (Wildman–Crippen MR) is 112 cm³/mol. The van der Waals surface area contributed by atoms with E-state index in [1.165, 1.54) is 30.3 Å². The molecule has 3 aromatic rings. The summed E-state index contributed by atoms with van der Waals surface area (Å²) in [5.74, 6) is -0.104. The number of rotatable bonds is 7. The summed E-state index contributed by atoms with van der Waals surface area (Å²) in [7, 11) is 0. The molecule has 0 unspecified atom stereocenters. The van der Waals surface area contributed by atoms with E-state index in [0.717, 1.165) is 30.7 Å². The lowest BCUT2D eigenvalue weighted by Crippen LogP contribution is -2.17. The first-order valence-electron chi connectivity index (χ1n) is 9.89. The van der Waals surface area contributed by atoms with E-state index in [1.807, 2.05) is 13.8 Å². The van der Waals surface area contributed by atoms with E-state index in [2.05, 4.69) is 25.3 Å². The van der Waals surface area contributed by atoms with Crippen LogP contribution >= 0.6 is 0 Å². The van der Waals surface area contributed by atoms with E-state index < -0.39 is 23.9 Å². The highest BCUT2D eigenvalue weighted by molar-refractivity contribution is 5.68. The zero-order valence-electron chi connectivity index (χ0n) is 17.6. The van der Waals surface area contributed by atoms with Crippen molar-refractivity contribution in [3.8, 4) is 17.0 Å².